The van der Waals surface area contributed by atoms with E-state index in [0.717, 1.165) is 17.0 Å². The van der Waals surface area contributed by atoms with Gasteiger partial charge >= 0.3 is 0 Å². The average Bonchev–Trinajstić information content (AvgIpc) is 2.88. The average molecular weight is 343 g/mol. The SMILES string of the molecule is Cc1nc(C#Cc2ccnc(Cl)c2)cn1Cc1ccc(Cl)nc1. The second kappa shape index (κ2) is 6.82. The summed E-state index contributed by atoms with van der Waals surface area (Å²) in [6.45, 7) is 2.61. The molecule has 0 saturated heterocycles. The van der Waals surface area contributed by atoms with Gasteiger partial charge in [0.25, 0.3) is 0 Å². The van der Waals surface area contributed by atoms with Crippen LogP contribution in [-0.2, 0) is 6.54 Å². The van der Waals surface area contributed by atoms with Gasteiger partial charge in [-0.15, -0.1) is 0 Å². The lowest BCUT2D eigenvalue weighted by atomic mass is 10.2. The third kappa shape index (κ3) is 4.10. The highest BCUT2D eigenvalue weighted by atomic mass is 35.5. The molecule has 3 heterocycles. The molecule has 0 N–H and O–H groups in total. The number of aryl methyl sites for hydroxylation is 1. The molecule has 3 aromatic rings. The lowest BCUT2D eigenvalue weighted by Gasteiger charge is -2.04. The Morgan fingerprint density at radius 2 is 1.96 bits per heavy atom. The Hall–Kier alpha value is -2.35. The van der Waals surface area contributed by atoms with Crippen LogP contribution in [0.25, 0.3) is 0 Å². The largest absolute Gasteiger partial charge is 0.329 e. The van der Waals surface area contributed by atoms with Gasteiger partial charge in [-0.3, -0.25) is 0 Å². The van der Waals surface area contributed by atoms with Crippen molar-refractivity contribution in [2.24, 2.45) is 0 Å². The molecule has 0 radical (unpaired) electrons. The molecular formula is C17H12Cl2N4. The lowest BCUT2D eigenvalue weighted by molar-refractivity contribution is 0.758. The molecule has 0 bridgehead atoms. The fourth-order valence-corrected chi connectivity index (χ4v) is 2.33. The molecule has 0 unspecified atom stereocenters. The van der Waals surface area contributed by atoms with Gasteiger partial charge in [0.2, 0.25) is 0 Å². The van der Waals surface area contributed by atoms with E-state index in [1.54, 1.807) is 24.5 Å². The number of aromatic nitrogens is 4. The maximum absolute atomic E-state index is 5.84. The summed E-state index contributed by atoms with van der Waals surface area (Å²) in [7, 11) is 0. The first kappa shape index (κ1) is 15.5. The number of imidazole rings is 1. The first-order valence-electron chi connectivity index (χ1n) is 6.88. The van der Waals surface area contributed by atoms with Crippen molar-refractivity contribution in [3.63, 3.8) is 0 Å². The maximum atomic E-state index is 5.84. The van der Waals surface area contributed by atoms with Crippen molar-refractivity contribution in [2.45, 2.75) is 13.5 Å². The standard InChI is InChI=1S/C17H12Cl2N4/c1-12-22-15(4-2-13-6-7-20-17(19)8-13)11-23(12)10-14-3-5-16(18)21-9-14/h3,5-9,11H,10H2,1H3. The van der Waals surface area contributed by atoms with Gasteiger partial charge in [0.05, 0.1) is 6.54 Å². The maximum Gasteiger partial charge on any atom is 0.131 e. The Morgan fingerprint density at radius 1 is 1.09 bits per heavy atom. The monoisotopic (exact) mass is 342 g/mol. The Balaban J connectivity index is 1.80. The lowest BCUT2D eigenvalue weighted by Crippen LogP contribution is -2.00. The van der Waals surface area contributed by atoms with Crippen LogP contribution in [0.15, 0.2) is 42.9 Å². The fourth-order valence-electron chi connectivity index (χ4n) is 2.04. The fraction of sp³-hybridized carbons (Fsp3) is 0.118. The third-order valence-corrected chi connectivity index (χ3v) is 3.61. The van der Waals surface area contributed by atoms with Crippen molar-refractivity contribution in [3.05, 3.63) is 75.8 Å². The smallest absolute Gasteiger partial charge is 0.131 e. The van der Waals surface area contributed by atoms with Crippen molar-refractivity contribution in [2.75, 3.05) is 0 Å². The van der Waals surface area contributed by atoms with Crippen LogP contribution >= 0.6 is 23.2 Å². The molecule has 3 aromatic heterocycles. The van der Waals surface area contributed by atoms with Crippen molar-refractivity contribution >= 4 is 23.2 Å². The van der Waals surface area contributed by atoms with E-state index in [1.165, 1.54) is 0 Å². The molecule has 4 nitrogen and oxygen atoms in total. The predicted octanol–water partition coefficient (Wildman–Crippen LogP) is 3.74. The molecule has 0 aliphatic carbocycles. The third-order valence-electron chi connectivity index (χ3n) is 3.18. The first-order chi connectivity index (χ1) is 11.1. The molecule has 0 atom stereocenters. The second-order valence-corrected chi connectivity index (χ2v) is 5.68. The number of rotatable bonds is 2. The molecule has 0 saturated carbocycles. The van der Waals surface area contributed by atoms with Crippen LogP contribution in [0.5, 0.6) is 0 Å². The van der Waals surface area contributed by atoms with Gasteiger partial charge in [-0.1, -0.05) is 35.2 Å². The molecule has 0 amide bonds. The molecule has 114 valence electrons. The highest BCUT2D eigenvalue weighted by molar-refractivity contribution is 6.29. The Bertz CT molecular complexity index is 889. The molecule has 3 rings (SSSR count). The van der Waals surface area contributed by atoms with Crippen LogP contribution in [0.2, 0.25) is 10.3 Å². The van der Waals surface area contributed by atoms with Crippen LogP contribution in [0.1, 0.15) is 22.6 Å². The number of pyridine rings is 2. The molecular weight excluding hydrogens is 331 g/mol. The van der Waals surface area contributed by atoms with Crippen LogP contribution < -0.4 is 0 Å². The zero-order valence-corrected chi connectivity index (χ0v) is 13.8. The minimum absolute atomic E-state index is 0.425. The van der Waals surface area contributed by atoms with Crippen molar-refractivity contribution in [1.82, 2.24) is 19.5 Å². The minimum Gasteiger partial charge on any atom is -0.329 e. The summed E-state index contributed by atoms with van der Waals surface area (Å²) in [5.41, 5.74) is 2.56. The zero-order chi connectivity index (χ0) is 16.2. The van der Waals surface area contributed by atoms with E-state index in [0.29, 0.717) is 22.5 Å². The number of nitrogens with zero attached hydrogens (tertiary/aromatic N) is 4. The number of hydrogen-bond donors (Lipinski definition) is 0. The first-order valence-corrected chi connectivity index (χ1v) is 7.63. The van der Waals surface area contributed by atoms with Crippen LogP contribution in [0.3, 0.4) is 0 Å². The topological polar surface area (TPSA) is 43.6 Å². The van der Waals surface area contributed by atoms with Gasteiger partial charge in [-0.05, 0) is 36.6 Å². The number of hydrogen-bond acceptors (Lipinski definition) is 3. The van der Waals surface area contributed by atoms with Crippen molar-refractivity contribution in [3.8, 4) is 11.8 Å². The van der Waals surface area contributed by atoms with E-state index in [4.69, 9.17) is 23.2 Å². The van der Waals surface area contributed by atoms with Crippen molar-refractivity contribution < 1.29 is 0 Å². The van der Waals surface area contributed by atoms with E-state index >= 15 is 0 Å². The van der Waals surface area contributed by atoms with Crippen LogP contribution in [-0.4, -0.2) is 19.5 Å². The number of halogens is 2. The summed E-state index contributed by atoms with van der Waals surface area (Å²) < 4.78 is 2.02. The van der Waals surface area contributed by atoms with E-state index < -0.39 is 0 Å². The predicted molar refractivity (Wildman–Crippen MR) is 90.5 cm³/mol. The summed E-state index contributed by atoms with van der Waals surface area (Å²) in [6.07, 6.45) is 5.30. The summed E-state index contributed by atoms with van der Waals surface area (Å²) >= 11 is 11.6. The van der Waals surface area contributed by atoms with Crippen LogP contribution in [0, 0.1) is 18.8 Å². The highest BCUT2D eigenvalue weighted by Crippen LogP contribution is 2.10. The molecule has 0 aliphatic rings. The van der Waals surface area contributed by atoms with Crippen LogP contribution in [0.4, 0.5) is 0 Å². The van der Waals surface area contributed by atoms with Gasteiger partial charge in [0.1, 0.15) is 21.8 Å². The summed E-state index contributed by atoms with van der Waals surface area (Å²) in [6, 6.07) is 7.25. The molecule has 0 fully saturated rings. The quantitative estimate of drug-likeness (QED) is 0.526. The molecule has 6 heteroatoms. The van der Waals surface area contributed by atoms with E-state index in [9.17, 15) is 0 Å². The highest BCUT2D eigenvalue weighted by Gasteiger charge is 2.03. The zero-order valence-electron chi connectivity index (χ0n) is 12.3. The normalized spacial score (nSPS) is 10.2. The van der Waals surface area contributed by atoms with E-state index in [-0.39, 0.29) is 0 Å². The summed E-state index contributed by atoms with van der Waals surface area (Å²) in [5, 5.41) is 0.910. The molecule has 23 heavy (non-hydrogen) atoms. The minimum atomic E-state index is 0.425. The van der Waals surface area contributed by atoms with E-state index in [1.807, 2.05) is 29.8 Å². The van der Waals surface area contributed by atoms with E-state index in [2.05, 4.69) is 26.8 Å². The summed E-state index contributed by atoms with van der Waals surface area (Å²) in [4.78, 5) is 12.5. The molecule has 0 aliphatic heterocycles. The Labute approximate surface area is 144 Å². The van der Waals surface area contributed by atoms with Crippen molar-refractivity contribution in [1.29, 1.82) is 0 Å². The second-order valence-electron chi connectivity index (χ2n) is 4.91. The molecule has 0 spiro atoms. The Morgan fingerprint density at radius 3 is 2.70 bits per heavy atom. The summed E-state index contributed by atoms with van der Waals surface area (Å²) in [5.74, 6) is 6.96. The van der Waals surface area contributed by atoms with Gasteiger partial charge in [-0.2, -0.15) is 0 Å². The van der Waals surface area contributed by atoms with Gasteiger partial charge in [0, 0.05) is 24.2 Å². The van der Waals surface area contributed by atoms with Gasteiger partial charge in [0.15, 0.2) is 0 Å². The Kier molecular flexibility index (Phi) is 4.61. The molecule has 0 aromatic carbocycles. The van der Waals surface area contributed by atoms with Gasteiger partial charge < -0.3 is 4.57 Å². The van der Waals surface area contributed by atoms with Gasteiger partial charge in [-0.25, -0.2) is 15.0 Å².